The Balaban J connectivity index is 3.00. The van der Waals surface area contributed by atoms with Crippen molar-refractivity contribution in [3.8, 4) is 0 Å². The van der Waals surface area contributed by atoms with Crippen LogP contribution in [0.15, 0.2) is 30.3 Å². The van der Waals surface area contributed by atoms with E-state index in [0.29, 0.717) is 0 Å². The SMILES string of the molecule is CC(C)CC(NC(=O)C(CCC(=O)O)NC(=O)C(N)Cc1ccccc1)C(=O)NC(CC(=O)O)C(=O)O. The van der Waals surface area contributed by atoms with E-state index in [1.165, 1.54) is 0 Å². The third kappa shape index (κ3) is 12.0. The van der Waals surface area contributed by atoms with Gasteiger partial charge >= 0.3 is 17.9 Å². The van der Waals surface area contributed by atoms with Crippen LogP contribution in [0.1, 0.15) is 45.1 Å². The van der Waals surface area contributed by atoms with Crippen molar-refractivity contribution in [3.63, 3.8) is 0 Å². The maximum absolute atomic E-state index is 13.0. The lowest BCUT2D eigenvalue weighted by Gasteiger charge is -2.25. The Bertz CT molecular complexity index is 968. The summed E-state index contributed by atoms with van der Waals surface area (Å²) in [6.07, 6.45) is -1.41. The van der Waals surface area contributed by atoms with Gasteiger partial charge in [0.15, 0.2) is 0 Å². The molecule has 13 heteroatoms. The smallest absolute Gasteiger partial charge is 0.326 e. The van der Waals surface area contributed by atoms with Crippen molar-refractivity contribution in [3.05, 3.63) is 35.9 Å². The Hall–Kier alpha value is -4.00. The van der Waals surface area contributed by atoms with Crippen molar-refractivity contribution < 1.29 is 44.1 Å². The van der Waals surface area contributed by atoms with E-state index in [1.807, 2.05) is 0 Å². The normalized spacial score (nSPS) is 14.1. The maximum Gasteiger partial charge on any atom is 0.326 e. The number of carbonyl (C=O) groups excluding carboxylic acids is 3. The minimum atomic E-state index is -1.73. The van der Waals surface area contributed by atoms with Gasteiger partial charge in [0.2, 0.25) is 17.7 Å². The predicted octanol–water partition coefficient (Wildman–Crippen LogP) is -0.519. The molecule has 0 fully saturated rings. The molecule has 37 heavy (non-hydrogen) atoms. The highest BCUT2D eigenvalue weighted by atomic mass is 16.4. The van der Waals surface area contributed by atoms with Crippen LogP contribution < -0.4 is 21.7 Å². The van der Waals surface area contributed by atoms with Crippen molar-refractivity contribution >= 4 is 35.6 Å². The minimum Gasteiger partial charge on any atom is -0.481 e. The molecule has 13 nitrogen and oxygen atoms in total. The quantitative estimate of drug-likeness (QED) is 0.147. The molecule has 0 heterocycles. The third-order valence-corrected chi connectivity index (χ3v) is 5.25. The summed E-state index contributed by atoms with van der Waals surface area (Å²) in [5, 5.41) is 34.1. The number of amides is 3. The Morgan fingerprint density at radius 3 is 1.84 bits per heavy atom. The van der Waals surface area contributed by atoms with E-state index in [2.05, 4.69) is 16.0 Å². The van der Waals surface area contributed by atoms with Crippen LogP contribution in [-0.2, 0) is 35.2 Å². The van der Waals surface area contributed by atoms with Gasteiger partial charge in [0, 0.05) is 6.42 Å². The zero-order valence-electron chi connectivity index (χ0n) is 20.7. The third-order valence-electron chi connectivity index (χ3n) is 5.25. The van der Waals surface area contributed by atoms with Crippen LogP contribution in [0.25, 0.3) is 0 Å². The summed E-state index contributed by atoms with van der Waals surface area (Å²) in [5.74, 6) is -6.87. The van der Waals surface area contributed by atoms with Crippen LogP contribution >= 0.6 is 0 Å². The van der Waals surface area contributed by atoms with Gasteiger partial charge in [0.25, 0.3) is 0 Å². The van der Waals surface area contributed by atoms with Crippen LogP contribution in [0.5, 0.6) is 0 Å². The Morgan fingerprint density at radius 2 is 1.32 bits per heavy atom. The predicted molar refractivity (Wildman–Crippen MR) is 130 cm³/mol. The number of hydrogen-bond donors (Lipinski definition) is 7. The molecule has 4 unspecified atom stereocenters. The molecule has 1 rings (SSSR count). The zero-order chi connectivity index (χ0) is 28.1. The fourth-order valence-corrected chi connectivity index (χ4v) is 3.40. The number of carboxylic acid groups (broad SMARTS) is 3. The van der Waals surface area contributed by atoms with Gasteiger partial charge in [-0.05, 0) is 30.7 Å². The summed E-state index contributed by atoms with van der Waals surface area (Å²) in [6.45, 7) is 3.48. The van der Waals surface area contributed by atoms with Gasteiger partial charge in [-0.25, -0.2) is 4.79 Å². The van der Waals surface area contributed by atoms with Gasteiger partial charge in [-0.3, -0.25) is 24.0 Å². The molecule has 0 aromatic heterocycles. The van der Waals surface area contributed by atoms with Gasteiger partial charge < -0.3 is 37.0 Å². The summed E-state index contributed by atoms with van der Waals surface area (Å²) >= 11 is 0. The van der Waals surface area contributed by atoms with Crippen molar-refractivity contribution in [1.29, 1.82) is 0 Å². The number of carboxylic acids is 3. The zero-order valence-corrected chi connectivity index (χ0v) is 20.7. The Kier molecular flexibility index (Phi) is 12.7. The van der Waals surface area contributed by atoms with Gasteiger partial charge in [-0.1, -0.05) is 44.2 Å². The summed E-state index contributed by atoms with van der Waals surface area (Å²) in [6, 6.07) is 3.50. The Labute approximate surface area is 213 Å². The lowest BCUT2D eigenvalue weighted by atomic mass is 10.0. The van der Waals surface area contributed by atoms with Crippen molar-refractivity contribution in [2.24, 2.45) is 11.7 Å². The van der Waals surface area contributed by atoms with Crippen LogP contribution in [0.4, 0.5) is 0 Å². The van der Waals surface area contributed by atoms with E-state index in [0.717, 1.165) is 5.56 Å². The first-order valence-corrected chi connectivity index (χ1v) is 11.7. The van der Waals surface area contributed by atoms with E-state index >= 15 is 0 Å². The maximum atomic E-state index is 13.0. The molecule has 0 aliphatic carbocycles. The lowest BCUT2D eigenvalue weighted by Crippen LogP contribution is -2.57. The molecule has 0 aliphatic heterocycles. The van der Waals surface area contributed by atoms with Gasteiger partial charge in [-0.15, -0.1) is 0 Å². The highest BCUT2D eigenvalue weighted by molar-refractivity contribution is 5.94. The van der Waals surface area contributed by atoms with E-state index in [9.17, 15) is 33.9 Å². The monoisotopic (exact) mass is 522 g/mol. The average Bonchev–Trinajstić information content (AvgIpc) is 2.80. The number of nitrogens with one attached hydrogen (secondary N) is 3. The molecule has 4 atom stereocenters. The minimum absolute atomic E-state index is 0.0596. The van der Waals surface area contributed by atoms with Crippen LogP contribution in [0, 0.1) is 5.92 Å². The van der Waals surface area contributed by atoms with Crippen LogP contribution in [0.3, 0.4) is 0 Å². The van der Waals surface area contributed by atoms with Crippen molar-refractivity contribution in [1.82, 2.24) is 16.0 Å². The molecule has 0 aliphatic rings. The van der Waals surface area contributed by atoms with Crippen molar-refractivity contribution in [2.75, 3.05) is 0 Å². The standard InChI is InChI=1S/C24H34N4O9/c1-13(2)10-17(23(35)28-18(24(36)37)12-20(31)32)27-22(34)16(8-9-19(29)30)26-21(33)15(25)11-14-6-4-3-5-7-14/h3-7,13,15-18H,8-12,25H2,1-2H3,(H,26,33)(H,27,34)(H,28,35)(H,29,30)(H,31,32)(H,36,37). The largest absolute Gasteiger partial charge is 0.481 e. The molecule has 204 valence electrons. The number of nitrogens with two attached hydrogens (primary N) is 1. The molecular formula is C24H34N4O9. The van der Waals surface area contributed by atoms with E-state index < -0.39 is 72.6 Å². The molecule has 3 amide bonds. The number of benzene rings is 1. The molecule has 0 saturated carbocycles. The topological polar surface area (TPSA) is 225 Å². The fourth-order valence-electron chi connectivity index (χ4n) is 3.40. The lowest BCUT2D eigenvalue weighted by molar-refractivity contribution is -0.147. The summed E-state index contributed by atoms with van der Waals surface area (Å²) < 4.78 is 0. The first kappa shape index (κ1) is 31.0. The second-order valence-electron chi connectivity index (χ2n) is 8.98. The van der Waals surface area contributed by atoms with Gasteiger partial charge in [0.05, 0.1) is 12.5 Å². The average molecular weight is 523 g/mol. The molecule has 1 aromatic rings. The van der Waals surface area contributed by atoms with Crippen LogP contribution in [0.2, 0.25) is 0 Å². The molecule has 0 spiro atoms. The Morgan fingerprint density at radius 1 is 0.784 bits per heavy atom. The van der Waals surface area contributed by atoms with E-state index in [1.54, 1.807) is 44.2 Å². The van der Waals surface area contributed by atoms with E-state index in [4.69, 9.17) is 15.9 Å². The van der Waals surface area contributed by atoms with Gasteiger partial charge in [-0.2, -0.15) is 0 Å². The number of carbonyl (C=O) groups is 6. The summed E-state index contributed by atoms with van der Waals surface area (Å²) in [4.78, 5) is 71.8. The number of hydrogen-bond acceptors (Lipinski definition) is 7. The van der Waals surface area contributed by atoms with Crippen LogP contribution in [-0.4, -0.2) is 75.1 Å². The second kappa shape index (κ2) is 15.2. The highest BCUT2D eigenvalue weighted by Crippen LogP contribution is 2.09. The summed E-state index contributed by atoms with van der Waals surface area (Å²) in [5.41, 5.74) is 6.74. The van der Waals surface area contributed by atoms with Crippen molar-refractivity contribution in [2.45, 2.75) is 70.1 Å². The fraction of sp³-hybridized carbons (Fsp3) is 0.500. The number of aliphatic carboxylic acids is 3. The first-order chi connectivity index (χ1) is 17.3. The highest BCUT2D eigenvalue weighted by Gasteiger charge is 2.31. The van der Waals surface area contributed by atoms with Gasteiger partial charge in [0.1, 0.15) is 18.1 Å². The number of rotatable bonds is 16. The molecule has 0 saturated heterocycles. The molecular weight excluding hydrogens is 488 g/mol. The molecule has 8 N–H and O–H groups in total. The first-order valence-electron chi connectivity index (χ1n) is 11.7. The molecule has 0 radical (unpaired) electrons. The second-order valence-corrected chi connectivity index (χ2v) is 8.98. The van der Waals surface area contributed by atoms with E-state index in [-0.39, 0.29) is 25.2 Å². The molecule has 1 aromatic carbocycles. The summed E-state index contributed by atoms with van der Waals surface area (Å²) in [7, 11) is 0. The molecule has 0 bridgehead atoms.